The summed E-state index contributed by atoms with van der Waals surface area (Å²) in [5.74, 6) is -0.402. The van der Waals surface area contributed by atoms with Crippen molar-refractivity contribution in [3.05, 3.63) is 86.5 Å². The zero-order valence-corrected chi connectivity index (χ0v) is 19.8. The largest absolute Gasteiger partial charge is 0.457 e. The fraction of sp³-hybridized carbons (Fsp3) is 0.160. The Labute approximate surface area is 204 Å². The summed E-state index contributed by atoms with van der Waals surface area (Å²) < 4.78 is 5.73. The number of amides is 3. The lowest BCUT2D eigenvalue weighted by molar-refractivity contribution is -0.385. The van der Waals surface area contributed by atoms with Crippen LogP contribution in [-0.2, 0) is 16.0 Å². The van der Waals surface area contributed by atoms with Crippen LogP contribution in [0.15, 0.2) is 63.9 Å². The molecule has 35 heavy (non-hydrogen) atoms. The van der Waals surface area contributed by atoms with Crippen LogP contribution in [0.3, 0.4) is 0 Å². The van der Waals surface area contributed by atoms with Gasteiger partial charge < -0.3 is 9.73 Å². The van der Waals surface area contributed by atoms with E-state index in [1.54, 1.807) is 43.3 Å². The first kappa shape index (κ1) is 24.0. The average molecular weight is 492 g/mol. The van der Waals surface area contributed by atoms with E-state index in [0.29, 0.717) is 40.1 Å². The van der Waals surface area contributed by atoms with Gasteiger partial charge in [0.05, 0.1) is 9.83 Å². The number of carbonyl (C=O) groups excluding carboxylic acids is 3. The third-order valence-corrected chi connectivity index (χ3v) is 6.32. The van der Waals surface area contributed by atoms with Crippen molar-refractivity contribution in [3.8, 4) is 11.3 Å². The van der Waals surface area contributed by atoms with Gasteiger partial charge in [-0.1, -0.05) is 31.2 Å². The van der Waals surface area contributed by atoms with Crippen molar-refractivity contribution in [2.45, 2.75) is 20.3 Å². The average Bonchev–Trinajstić information content (AvgIpc) is 3.40. The highest BCUT2D eigenvalue weighted by molar-refractivity contribution is 8.18. The first-order chi connectivity index (χ1) is 16.7. The number of rotatable bonds is 7. The van der Waals surface area contributed by atoms with Crippen LogP contribution >= 0.6 is 11.8 Å². The number of hydrogen-bond donors (Lipinski definition) is 1. The molecule has 9 nitrogen and oxygen atoms in total. The Balaban J connectivity index is 1.45. The maximum absolute atomic E-state index is 12.7. The minimum absolute atomic E-state index is 0.0267. The minimum Gasteiger partial charge on any atom is -0.457 e. The predicted molar refractivity (Wildman–Crippen MR) is 133 cm³/mol. The van der Waals surface area contributed by atoms with Gasteiger partial charge in [0.2, 0.25) is 5.91 Å². The number of nitro benzene ring substituents is 1. The summed E-state index contributed by atoms with van der Waals surface area (Å²) in [5, 5.41) is 13.3. The number of nitro groups is 1. The summed E-state index contributed by atoms with van der Waals surface area (Å²) in [6.07, 6.45) is 2.29. The molecule has 3 amide bonds. The number of imide groups is 1. The van der Waals surface area contributed by atoms with E-state index in [1.807, 2.05) is 19.1 Å². The summed E-state index contributed by atoms with van der Waals surface area (Å²) in [4.78, 5) is 49.2. The molecule has 1 aromatic heterocycles. The van der Waals surface area contributed by atoms with E-state index >= 15 is 0 Å². The molecule has 0 atom stereocenters. The van der Waals surface area contributed by atoms with Gasteiger partial charge in [-0.15, -0.1) is 0 Å². The normalized spacial score (nSPS) is 14.6. The second-order valence-electron chi connectivity index (χ2n) is 7.83. The second-order valence-corrected chi connectivity index (χ2v) is 8.82. The maximum atomic E-state index is 12.7. The summed E-state index contributed by atoms with van der Waals surface area (Å²) >= 11 is 0.712. The Morgan fingerprint density at radius 2 is 1.89 bits per heavy atom. The second kappa shape index (κ2) is 9.98. The third-order valence-electron chi connectivity index (χ3n) is 5.41. The molecule has 0 radical (unpaired) electrons. The van der Waals surface area contributed by atoms with Crippen LogP contribution in [0.4, 0.5) is 16.2 Å². The SMILES string of the molecule is CCc1ccc(NC(=O)CN2C(=O)S/C(=C/c3ccc(-c4ccc(C)c([N+](=O)[O-])c4)o3)C2=O)cc1. The maximum Gasteiger partial charge on any atom is 0.294 e. The van der Waals surface area contributed by atoms with Crippen molar-refractivity contribution >= 4 is 46.3 Å². The van der Waals surface area contributed by atoms with Crippen LogP contribution in [0.25, 0.3) is 17.4 Å². The number of carbonyl (C=O) groups is 3. The standard InChI is InChI=1S/C25H21N3O6S/c1-3-16-5-8-18(9-6-16)26-23(29)14-27-24(30)22(35-25(27)31)13-19-10-11-21(34-19)17-7-4-15(2)20(12-17)28(32)33/h4-13H,3,14H2,1-2H3,(H,26,29)/b22-13+. The topological polar surface area (TPSA) is 123 Å². The highest BCUT2D eigenvalue weighted by Gasteiger charge is 2.36. The predicted octanol–water partition coefficient (Wildman–Crippen LogP) is 5.40. The van der Waals surface area contributed by atoms with Crippen LogP contribution in [-0.4, -0.2) is 33.4 Å². The zero-order chi connectivity index (χ0) is 25.1. The Morgan fingerprint density at radius 1 is 1.14 bits per heavy atom. The van der Waals surface area contributed by atoms with E-state index in [0.717, 1.165) is 16.9 Å². The number of anilines is 1. The Hall–Kier alpha value is -4.18. The molecule has 1 aliphatic heterocycles. The summed E-state index contributed by atoms with van der Waals surface area (Å²) in [6, 6.07) is 15.3. The minimum atomic E-state index is -0.597. The molecule has 178 valence electrons. The van der Waals surface area contributed by atoms with Gasteiger partial charge >= 0.3 is 0 Å². The van der Waals surface area contributed by atoms with Gasteiger partial charge in [0.1, 0.15) is 18.1 Å². The van der Waals surface area contributed by atoms with Gasteiger partial charge in [-0.05, 0) is 54.9 Å². The smallest absolute Gasteiger partial charge is 0.294 e. The number of aryl methyl sites for hydroxylation is 2. The molecule has 1 saturated heterocycles. The fourth-order valence-electron chi connectivity index (χ4n) is 3.48. The number of hydrogen-bond acceptors (Lipinski definition) is 7. The molecule has 0 bridgehead atoms. The van der Waals surface area contributed by atoms with Gasteiger partial charge in [-0.3, -0.25) is 29.4 Å². The molecular formula is C25H21N3O6S. The molecule has 0 aliphatic carbocycles. The van der Waals surface area contributed by atoms with Gasteiger partial charge in [0, 0.05) is 29.0 Å². The van der Waals surface area contributed by atoms with Crippen LogP contribution in [0.1, 0.15) is 23.8 Å². The van der Waals surface area contributed by atoms with Gasteiger partial charge in [-0.2, -0.15) is 0 Å². The Kier molecular flexibility index (Phi) is 6.83. The van der Waals surface area contributed by atoms with Crippen molar-refractivity contribution < 1.29 is 23.7 Å². The molecule has 1 N–H and O–H groups in total. The lowest BCUT2D eigenvalue weighted by Crippen LogP contribution is -2.36. The van der Waals surface area contributed by atoms with E-state index in [1.165, 1.54) is 12.1 Å². The fourth-order valence-corrected chi connectivity index (χ4v) is 4.30. The van der Waals surface area contributed by atoms with E-state index in [2.05, 4.69) is 5.32 Å². The summed E-state index contributed by atoms with van der Waals surface area (Å²) in [7, 11) is 0. The molecule has 4 rings (SSSR count). The van der Waals surface area contributed by atoms with E-state index in [-0.39, 0.29) is 10.6 Å². The lowest BCUT2D eigenvalue weighted by atomic mass is 10.1. The highest BCUT2D eigenvalue weighted by Crippen LogP contribution is 2.34. The summed E-state index contributed by atoms with van der Waals surface area (Å²) in [6.45, 7) is 3.26. The van der Waals surface area contributed by atoms with Gasteiger partial charge in [0.25, 0.3) is 16.8 Å². The molecule has 0 saturated carbocycles. The van der Waals surface area contributed by atoms with E-state index < -0.39 is 28.5 Å². The van der Waals surface area contributed by atoms with Crippen LogP contribution in [0.2, 0.25) is 0 Å². The number of benzene rings is 2. The van der Waals surface area contributed by atoms with Crippen LogP contribution in [0, 0.1) is 17.0 Å². The van der Waals surface area contributed by atoms with Gasteiger partial charge in [0.15, 0.2) is 0 Å². The number of nitrogens with zero attached hydrogens (tertiary/aromatic N) is 2. The molecule has 0 unspecified atom stereocenters. The van der Waals surface area contributed by atoms with Crippen LogP contribution < -0.4 is 5.32 Å². The Morgan fingerprint density at radius 3 is 2.57 bits per heavy atom. The monoisotopic (exact) mass is 491 g/mol. The van der Waals surface area contributed by atoms with Crippen molar-refractivity contribution in [2.24, 2.45) is 0 Å². The number of thioether (sulfide) groups is 1. The first-order valence-corrected chi connectivity index (χ1v) is 11.6. The number of furan rings is 1. The molecule has 2 aromatic carbocycles. The zero-order valence-electron chi connectivity index (χ0n) is 18.9. The molecule has 10 heteroatoms. The third kappa shape index (κ3) is 5.33. The quantitative estimate of drug-likeness (QED) is 0.267. The lowest BCUT2D eigenvalue weighted by Gasteiger charge is -2.12. The van der Waals surface area contributed by atoms with Crippen molar-refractivity contribution in [3.63, 3.8) is 0 Å². The summed E-state index contributed by atoms with van der Waals surface area (Å²) in [5.41, 5.74) is 2.72. The number of nitrogens with one attached hydrogen (secondary N) is 1. The van der Waals surface area contributed by atoms with E-state index in [4.69, 9.17) is 4.42 Å². The molecule has 2 heterocycles. The van der Waals surface area contributed by atoms with Crippen molar-refractivity contribution in [2.75, 3.05) is 11.9 Å². The molecule has 1 aliphatic rings. The van der Waals surface area contributed by atoms with Crippen molar-refractivity contribution in [1.82, 2.24) is 4.90 Å². The van der Waals surface area contributed by atoms with Gasteiger partial charge in [-0.25, -0.2) is 0 Å². The first-order valence-electron chi connectivity index (χ1n) is 10.7. The van der Waals surface area contributed by atoms with Crippen molar-refractivity contribution in [1.29, 1.82) is 0 Å². The molecular weight excluding hydrogens is 470 g/mol. The highest BCUT2D eigenvalue weighted by atomic mass is 32.2. The van der Waals surface area contributed by atoms with E-state index in [9.17, 15) is 24.5 Å². The molecule has 3 aromatic rings. The Bertz CT molecular complexity index is 1360. The van der Waals surface area contributed by atoms with Crippen LogP contribution in [0.5, 0.6) is 0 Å². The molecule has 0 spiro atoms. The molecule has 1 fully saturated rings.